The maximum Gasteiger partial charge on any atom is 0.234 e. The predicted octanol–water partition coefficient (Wildman–Crippen LogP) is 3.78. The highest BCUT2D eigenvalue weighted by atomic mass is 16.2. The Kier molecular flexibility index (Phi) is 2.96. The Balaban J connectivity index is 1.31. The molecule has 1 spiro atoms. The summed E-state index contributed by atoms with van der Waals surface area (Å²) in [5.74, 6) is 0.713. The van der Waals surface area contributed by atoms with E-state index in [2.05, 4.69) is 36.4 Å². The lowest BCUT2D eigenvalue weighted by Crippen LogP contribution is -2.34. The molecule has 2 saturated carbocycles. The number of benzene rings is 2. The molecule has 1 saturated heterocycles. The van der Waals surface area contributed by atoms with Crippen molar-refractivity contribution in [2.24, 2.45) is 29.1 Å². The van der Waals surface area contributed by atoms with Gasteiger partial charge in [0.2, 0.25) is 11.8 Å². The molecular weight excluding hydrogens is 334 g/mol. The normalized spacial score (nSPS) is 38.1. The number of hydrogen-bond donors (Lipinski definition) is 0. The fourth-order valence-corrected chi connectivity index (χ4v) is 6.32. The van der Waals surface area contributed by atoms with Crippen molar-refractivity contribution in [2.75, 3.05) is 0 Å². The molecule has 2 bridgehead atoms. The summed E-state index contributed by atoms with van der Waals surface area (Å²) in [5, 5.41) is 0. The average Bonchev–Trinajstić information content (AvgIpc) is 3.21. The van der Waals surface area contributed by atoms with Crippen LogP contribution in [-0.2, 0) is 16.1 Å². The standard InChI is InChI=1S/C24H21NO2/c26-22-20-17-11-12-18(24(17)13-19(24)16-9-5-2-6-10-16)21(20)23(27)25(22)14-15-7-3-1-4-8-15/h1-12,17-21H,13-14H2/t17-,18+,19-,20+,21-,24?/m1/s1. The van der Waals surface area contributed by atoms with Crippen LogP contribution < -0.4 is 0 Å². The third kappa shape index (κ3) is 1.87. The Hall–Kier alpha value is -2.68. The van der Waals surface area contributed by atoms with Gasteiger partial charge in [-0.15, -0.1) is 0 Å². The molecule has 3 aliphatic carbocycles. The predicted molar refractivity (Wildman–Crippen MR) is 101 cm³/mol. The fourth-order valence-electron chi connectivity index (χ4n) is 6.32. The molecule has 3 fully saturated rings. The first-order chi connectivity index (χ1) is 13.2. The molecular formula is C24H21NO2. The van der Waals surface area contributed by atoms with Crippen molar-refractivity contribution < 1.29 is 9.59 Å². The SMILES string of the molecule is O=C1[C@@H]2[C@H](C(=O)N1Cc1ccccc1)[C@@H]1C=C[C@H]2C12C[C@@H]2c1ccccc1. The number of carbonyl (C=O) groups is 2. The number of carbonyl (C=O) groups excluding carboxylic acids is 2. The molecule has 3 heteroatoms. The largest absolute Gasteiger partial charge is 0.278 e. The number of imide groups is 1. The van der Waals surface area contributed by atoms with Gasteiger partial charge in [0.25, 0.3) is 0 Å². The molecule has 2 aromatic carbocycles. The van der Waals surface area contributed by atoms with Crippen LogP contribution in [0.15, 0.2) is 72.8 Å². The highest BCUT2D eigenvalue weighted by Gasteiger charge is 2.77. The summed E-state index contributed by atoms with van der Waals surface area (Å²) in [6, 6.07) is 20.4. The summed E-state index contributed by atoms with van der Waals surface area (Å²) in [7, 11) is 0. The van der Waals surface area contributed by atoms with E-state index in [-0.39, 0.29) is 40.9 Å². The maximum atomic E-state index is 13.2. The zero-order chi connectivity index (χ0) is 18.2. The van der Waals surface area contributed by atoms with Crippen molar-refractivity contribution in [3.63, 3.8) is 0 Å². The van der Waals surface area contributed by atoms with E-state index in [0.717, 1.165) is 12.0 Å². The molecule has 0 N–H and O–H groups in total. The second-order valence-electron chi connectivity index (χ2n) is 8.52. The number of allylic oxidation sites excluding steroid dienone is 2. The first-order valence-corrected chi connectivity index (χ1v) is 9.84. The summed E-state index contributed by atoms with van der Waals surface area (Å²) in [5.41, 5.74) is 2.49. The highest BCUT2D eigenvalue weighted by Crippen LogP contribution is 2.79. The molecule has 134 valence electrons. The summed E-state index contributed by atoms with van der Waals surface area (Å²) in [6.07, 6.45) is 5.59. The minimum absolute atomic E-state index is 0.0452. The second-order valence-corrected chi connectivity index (χ2v) is 8.52. The van der Waals surface area contributed by atoms with Crippen molar-refractivity contribution in [1.82, 2.24) is 4.90 Å². The highest BCUT2D eigenvalue weighted by molar-refractivity contribution is 6.06. The van der Waals surface area contributed by atoms with Gasteiger partial charge in [0.05, 0.1) is 18.4 Å². The molecule has 2 aromatic rings. The minimum atomic E-state index is -0.148. The number of rotatable bonds is 3. The van der Waals surface area contributed by atoms with Crippen LogP contribution in [-0.4, -0.2) is 16.7 Å². The Bertz CT molecular complexity index is 932. The van der Waals surface area contributed by atoms with Crippen LogP contribution >= 0.6 is 0 Å². The molecule has 1 aliphatic heterocycles. The first-order valence-electron chi connectivity index (χ1n) is 9.84. The smallest absolute Gasteiger partial charge is 0.234 e. The van der Waals surface area contributed by atoms with Crippen molar-refractivity contribution >= 4 is 11.8 Å². The van der Waals surface area contributed by atoms with Gasteiger partial charge in [0, 0.05) is 0 Å². The van der Waals surface area contributed by atoms with Crippen LogP contribution in [0, 0.1) is 29.1 Å². The Morgan fingerprint density at radius 2 is 1.37 bits per heavy atom. The lowest BCUT2D eigenvalue weighted by atomic mass is 9.85. The average molecular weight is 355 g/mol. The molecule has 0 radical (unpaired) electrons. The van der Waals surface area contributed by atoms with E-state index < -0.39 is 0 Å². The van der Waals surface area contributed by atoms with E-state index in [1.54, 1.807) is 0 Å². The molecule has 3 nitrogen and oxygen atoms in total. The van der Waals surface area contributed by atoms with Crippen LogP contribution in [0.25, 0.3) is 0 Å². The molecule has 6 rings (SSSR count). The molecule has 1 heterocycles. The maximum absolute atomic E-state index is 13.2. The quantitative estimate of drug-likeness (QED) is 0.621. The Labute approximate surface area is 158 Å². The monoisotopic (exact) mass is 355 g/mol. The number of nitrogens with zero attached hydrogens (tertiary/aromatic N) is 1. The lowest BCUT2D eigenvalue weighted by molar-refractivity contribution is -0.141. The Morgan fingerprint density at radius 1 is 0.815 bits per heavy atom. The molecule has 4 aliphatic rings. The van der Waals surface area contributed by atoms with Gasteiger partial charge >= 0.3 is 0 Å². The third-order valence-corrected chi connectivity index (χ3v) is 7.46. The van der Waals surface area contributed by atoms with E-state index >= 15 is 0 Å². The van der Waals surface area contributed by atoms with Gasteiger partial charge in [-0.2, -0.15) is 0 Å². The summed E-state index contributed by atoms with van der Waals surface area (Å²) in [4.78, 5) is 28.0. The van der Waals surface area contributed by atoms with Crippen LogP contribution in [0.3, 0.4) is 0 Å². The Morgan fingerprint density at radius 3 is 1.96 bits per heavy atom. The van der Waals surface area contributed by atoms with E-state index in [0.29, 0.717) is 12.5 Å². The molecule has 2 amide bonds. The number of fused-ring (bicyclic) bond motifs is 3. The first kappa shape index (κ1) is 15.4. The summed E-state index contributed by atoms with van der Waals surface area (Å²) >= 11 is 0. The third-order valence-electron chi connectivity index (χ3n) is 7.46. The topological polar surface area (TPSA) is 37.4 Å². The zero-order valence-electron chi connectivity index (χ0n) is 15.0. The van der Waals surface area contributed by atoms with Gasteiger partial charge in [0.15, 0.2) is 0 Å². The van der Waals surface area contributed by atoms with Crippen LogP contribution in [0.5, 0.6) is 0 Å². The van der Waals surface area contributed by atoms with Crippen molar-refractivity contribution in [3.8, 4) is 0 Å². The van der Waals surface area contributed by atoms with Gasteiger partial charge in [-0.1, -0.05) is 72.8 Å². The molecule has 27 heavy (non-hydrogen) atoms. The summed E-state index contributed by atoms with van der Waals surface area (Å²) in [6.45, 7) is 0.403. The van der Waals surface area contributed by atoms with Crippen molar-refractivity contribution in [2.45, 2.75) is 18.9 Å². The number of likely N-dealkylation sites (tertiary alicyclic amines) is 1. The summed E-state index contributed by atoms with van der Waals surface area (Å²) < 4.78 is 0. The van der Waals surface area contributed by atoms with E-state index in [9.17, 15) is 9.59 Å². The van der Waals surface area contributed by atoms with Gasteiger partial charge in [-0.05, 0) is 40.7 Å². The zero-order valence-corrected chi connectivity index (χ0v) is 15.0. The van der Waals surface area contributed by atoms with Crippen LogP contribution in [0.1, 0.15) is 23.5 Å². The van der Waals surface area contributed by atoms with Crippen LogP contribution in [0.4, 0.5) is 0 Å². The van der Waals surface area contributed by atoms with E-state index in [1.165, 1.54) is 10.5 Å². The van der Waals surface area contributed by atoms with Crippen LogP contribution in [0.2, 0.25) is 0 Å². The molecule has 6 atom stereocenters. The van der Waals surface area contributed by atoms with Crippen molar-refractivity contribution in [1.29, 1.82) is 0 Å². The number of amides is 2. The van der Waals surface area contributed by atoms with Crippen molar-refractivity contribution in [3.05, 3.63) is 83.9 Å². The second kappa shape index (κ2) is 5.19. The lowest BCUT2D eigenvalue weighted by Gasteiger charge is -2.23. The fraction of sp³-hybridized carbons (Fsp3) is 0.333. The van der Waals surface area contributed by atoms with Gasteiger partial charge in [-0.25, -0.2) is 0 Å². The molecule has 1 unspecified atom stereocenters. The van der Waals surface area contributed by atoms with Gasteiger partial charge in [-0.3, -0.25) is 14.5 Å². The molecule has 0 aromatic heterocycles. The van der Waals surface area contributed by atoms with Gasteiger partial charge < -0.3 is 0 Å². The van der Waals surface area contributed by atoms with E-state index in [4.69, 9.17) is 0 Å². The number of hydrogen-bond acceptors (Lipinski definition) is 2. The van der Waals surface area contributed by atoms with E-state index in [1.807, 2.05) is 36.4 Å². The van der Waals surface area contributed by atoms with Gasteiger partial charge in [0.1, 0.15) is 0 Å². The minimum Gasteiger partial charge on any atom is -0.278 e.